The topological polar surface area (TPSA) is 29.3 Å². The van der Waals surface area contributed by atoms with Crippen molar-refractivity contribution >= 4 is 5.69 Å². The minimum absolute atomic E-state index is 0.155. The Kier molecular flexibility index (Phi) is 4.51. The van der Waals surface area contributed by atoms with Gasteiger partial charge in [0.05, 0.1) is 5.54 Å². The van der Waals surface area contributed by atoms with Crippen molar-refractivity contribution in [2.75, 3.05) is 18.5 Å². The van der Waals surface area contributed by atoms with Crippen LogP contribution in [0.15, 0.2) is 24.3 Å². The molecule has 1 saturated carbocycles. The Balaban J connectivity index is 2.30. The van der Waals surface area contributed by atoms with Gasteiger partial charge in [-0.1, -0.05) is 43.9 Å². The molecule has 2 rings (SSSR count). The third-order valence-electron chi connectivity index (χ3n) is 5.11. The highest BCUT2D eigenvalue weighted by Gasteiger charge is 2.42. The Hall–Kier alpha value is -1.02. The monoisotopic (exact) mass is 260 g/mol. The van der Waals surface area contributed by atoms with Gasteiger partial charge in [0.15, 0.2) is 0 Å². The number of nitrogens with two attached hydrogens (primary N) is 1. The zero-order valence-corrected chi connectivity index (χ0v) is 12.7. The summed E-state index contributed by atoms with van der Waals surface area (Å²) < 4.78 is 0. The van der Waals surface area contributed by atoms with Gasteiger partial charge < -0.3 is 10.6 Å². The Bertz CT molecular complexity index is 398. The summed E-state index contributed by atoms with van der Waals surface area (Å²) in [6.45, 7) is 5.21. The van der Waals surface area contributed by atoms with Crippen LogP contribution in [0.1, 0.15) is 44.6 Å². The lowest BCUT2D eigenvalue weighted by molar-refractivity contribution is 0.183. The van der Waals surface area contributed by atoms with Crippen LogP contribution >= 0.6 is 0 Å². The SMILES string of the molecule is CCC1CCCCC1(CN)N(C)c1ccc(C)cc1. The van der Waals surface area contributed by atoms with Crippen molar-refractivity contribution in [1.82, 2.24) is 0 Å². The van der Waals surface area contributed by atoms with E-state index in [4.69, 9.17) is 5.73 Å². The van der Waals surface area contributed by atoms with E-state index in [9.17, 15) is 0 Å². The maximum absolute atomic E-state index is 6.23. The molecule has 0 heterocycles. The van der Waals surface area contributed by atoms with Crippen molar-refractivity contribution in [3.8, 4) is 0 Å². The highest BCUT2D eigenvalue weighted by molar-refractivity contribution is 5.50. The first-order chi connectivity index (χ1) is 9.14. The number of hydrogen-bond donors (Lipinski definition) is 1. The van der Waals surface area contributed by atoms with Crippen LogP contribution in [0.4, 0.5) is 5.69 Å². The molecule has 0 spiro atoms. The van der Waals surface area contributed by atoms with E-state index in [1.807, 2.05) is 0 Å². The van der Waals surface area contributed by atoms with E-state index < -0.39 is 0 Å². The summed E-state index contributed by atoms with van der Waals surface area (Å²) in [5, 5.41) is 0. The smallest absolute Gasteiger partial charge is 0.0548 e. The number of benzene rings is 1. The second kappa shape index (κ2) is 5.96. The van der Waals surface area contributed by atoms with Gasteiger partial charge in [-0.25, -0.2) is 0 Å². The Morgan fingerprint density at radius 2 is 1.95 bits per heavy atom. The minimum Gasteiger partial charge on any atom is -0.367 e. The number of anilines is 1. The van der Waals surface area contributed by atoms with E-state index in [-0.39, 0.29) is 5.54 Å². The van der Waals surface area contributed by atoms with Crippen LogP contribution in [0.3, 0.4) is 0 Å². The first-order valence-corrected chi connectivity index (χ1v) is 7.64. The highest BCUT2D eigenvalue weighted by atomic mass is 15.2. The summed E-state index contributed by atoms with van der Waals surface area (Å²) in [5.41, 5.74) is 9.00. The average Bonchev–Trinajstić information content (AvgIpc) is 2.47. The number of nitrogens with zero attached hydrogens (tertiary/aromatic N) is 1. The molecule has 106 valence electrons. The summed E-state index contributed by atoms with van der Waals surface area (Å²) in [6.07, 6.45) is 6.45. The van der Waals surface area contributed by atoms with Gasteiger partial charge in [0.1, 0.15) is 0 Å². The normalized spacial score (nSPS) is 27.3. The van der Waals surface area contributed by atoms with Crippen LogP contribution in [0.2, 0.25) is 0 Å². The highest BCUT2D eigenvalue weighted by Crippen LogP contribution is 2.41. The number of aryl methyl sites for hydroxylation is 1. The first-order valence-electron chi connectivity index (χ1n) is 7.64. The van der Waals surface area contributed by atoms with Crippen LogP contribution in [-0.2, 0) is 0 Å². The fraction of sp³-hybridized carbons (Fsp3) is 0.647. The molecule has 2 heteroatoms. The van der Waals surface area contributed by atoms with Crippen LogP contribution < -0.4 is 10.6 Å². The molecule has 1 aromatic carbocycles. The van der Waals surface area contributed by atoms with Crippen molar-refractivity contribution in [3.05, 3.63) is 29.8 Å². The van der Waals surface area contributed by atoms with Crippen molar-refractivity contribution < 1.29 is 0 Å². The minimum atomic E-state index is 0.155. The third-order valence-corrected chi connectivity index (χ3v) is 5.11. The van der Waals surface area contributed by atoms with Gasteiger partial charge in [-0.15, -0.1) is 0 Å². The van der Waals surface area contributed by atoms with E-state index in [0.29, 0.717) is 0 Å². The molecule has 0 bridgehead atoms. The molecule has 2 atom stereocenters. The maximum atomic E-state index is 6.23. The second-order valence-corrected chi connectivity index (χ2v) is 6.05. The second-order valence-electron chi connectivity index (χ2n) is 6.05. The van der Waals surface area contributed by atoms with Gasteiger partial charge in [-0.2, -0.15) is 0 Å². The molecule has 2 nitrogen and oxygen atoms in total. The Morgan fingerprint density at radius 3 is 2.53 bits per heavy atom. The zero-order valence-electron chi connectivity index (χ0n) is 12.7. The van der Waals surface area contributed by atoms with Crippen LogP contribution in [0, 0.1) is 12.8 Å². The lowest BCUT2D eigenvalue weighted by atomic mass is 9.70. The molecule has 1 fully saturated rings. The summed E-state index contributed by atoms with van der Waals surface area (Å²) in [7, 11) is 2.23. The number of rotatable bonds is 4. The zero-order chi connectivity index (χ0) is 13.9. The number of likely N-dealkylation sites (N-methyl/N-ethyl adjacent to an activating group) is 1. The van der Waals surface area contributed by atoms with Crippen molar-refractivity contribution in [1.29, 1.82) is 0 Å². The molecule has 19 heavy (non-hydrogen) atoms. The lowest BCUT2D eigenvalue weighted by Gasteiger charge is -2.50. The van der Waals surface area contributed by atoms with E-state index in [2.05, 4.69) is 50.1 Å². The van der Waals surface area contributed by atoms with Gasteiger partial charge in [-0.05, 0) is 37.8 Å². The van der Waals surface area contributed by atoms with Gasteiger partial charge in [0.2, 0.25) is 0 Å². The molecular formula is C17H28N2. The summed E-state index contributed by atoms with van der Waals surface area (Å²) in [6, 6.07) is 8.85. The van der Waals surface area contributed by atoms with Gasteiger partial charge in [0.25, 0.3) is 0 Å². The molecule has 2 N–H and O–H groups in total. The summed E-state index contributed by atoms with van der Waals surface area (Å²) in [4.78, 5) is 2.46. The molecule has 0 aromatic heterocycles. The Labute approximate surface area is 118 Å². The molecular weight excluding hydrogens is 232 g/mol. The molecule has 1 aliphatic carbocycles. The molecule has 0 aliphatic heterocycles. The average molecular weight is 260 g/mol. The Morgan fingerprint density at radius 1 is 1.26 bits per heavy atom. The van der Waals surface area contributed by atoms with Crippen LogP contribution in [-0.4, -0.2) is 19.1 Å². The van der Waals surface area contributed by atoms with Crippen molar-refractivity contribution in [2.45, 2.75) is 51.5 Å². The molecule has 0 saturated heterocycles. The maximum Gasteiger partial charge on any atom is 0.0548 e. The van der Waals surface area contributed by atoms with Gasteiger partial charge in [-0.3, -0.25) is 0 Å². The van der Waals surface area contributed by atoms with Gasteiger partial charge in [0, 0.05) is 19.3 Å². The molecule has 1 aromatic rings. The fourth-order valence-corrected chi connectivity index (χ4v) is 3.75. The predicted octanol–water partition coefficient (Wildman–Crippen LogP) is 3.73. The van der Waals surface area contributed by atoms with E-state index in [0.717, 1.165) is 12.5 Å². The van der Waals surface area contributed by atoms with Crippen molar-refractivity contribution in [2.24, 2.45) is 11.7 Å². The molecule has 2 unspecified atom stereocenters. The van der Waals surface area contributed by atoms with E-state index in [1.165, 1.54) is 43.4 Å². The van der Waals surface area contributed by atoms with Crippen molar-refractivity contribution in [3.63, 3.8) is 0 Å². The first kappa shape index (κ1) is 14.4. The quantitative estimate of drug-likeness (QED) is 0.894. The molecule has 0 amide bonds. The largest absolute Gasteiger partial charge is 0.367 e. The standard InChI is InChI=1S/C17H28N2/c1-4-15-7-5-6-12-17(15,13-18)19(3)16-10-8-14(2)9-11-16/h8-11,15H,4-7,12-13,18H2,1-3H3. The van der Waals surface area contributed by atoms with Gasteiger partial charge >= 0.3 is 0 Å². The fourth-order valence-electron chi connectivity index (χ4n) is 3.75. The number of hydrogen-bond acceptors (Lipinski definition) is 2. The summed E-state index contributed by atoms with van der Waals surface area (Å²) >= 11 is 0. The molecule has 1 aliphatic rings. The molecule has 0 radical (unpaired) electrons. The van der Waals surface area contributed by atoms with E-state index >= 15 is 0 Å². The predicted molar refractivity (Wildman–Crippen MR) is 83.6 cm³/mol. The summed E-state index contributed by atoms with van der Waals surface area (Å²) in [5.74, 6) is 0.720. The van der Waals surface area contributed by atoms with E-state index in [1.54, 1.807) is 0 Å². The third kappa shape index (κ3) is 2.64. The van der Waals surface area contributed by atoms with Crippen LogP contribution in [0.25, 0.3) is 0 Å². The van der Waals surface area contributed by atoms with Crippen LogP contribution in [0.5, 0.6) is 0 Å². The lowest BCUT2D eigenvalue weighted by Crippen LogP contribution is -2.58.